The second-order valence-corrected chi connectivity index (χ2v) is 7.28. The second-order valence-electron chi connectivity index (χ2n) is 7.28. The Morgan fingerprint density at radius 1 is 1.18 bits per heavy atom. The zero-order valence-electron chi connectivity index (χ0n) is 16.0. The molecular formula is C22H25N3O3. The van der Waals surface area contributed by atoms with Gasteiger partial charge in [0.15, 0.2) is 0 Å². The van der Waals surface area contributed by atoms with Gasteiger partial charge in [-0.1, -0.05) is 24.3 Å². The van der Waals surface area contributed by atoms with E-state index < -0.39 is 0 Å². The predicted molar refractivity (Wildman–Crippen MR) is 109 cm³/mol. The Morgan fingerprint density at radius 3 is 2.79 bits per heavy atom. The average Bonchev–Trinajstić information content (AvgIpc) is 2.73. The number of rotatable bonds is 4. The van der Waals surface area contributed by atoms with Crippen molar-refractivity contribution in [1.82, 2.24) is 5.32 Å². The standard InChI is InChI=1S/C22H25N3O3/c1-28-20-10-9-17(13-19(20)25-11-5-4-8-21(25)26)24-22(27)18-12-15-6-2-3-7-16(15)14-23-18/h2-3,6-7,9-10,13,18,23H,4-5,8,11-12,14H2,1H3,(H,24,27). The fourth-order valence-corrected chi connectivity index (χ4v) is 3.91. The molecule has 2 amide bonds. The molecule has 1 unspecified atom stereocenters. The molecule has 0 spiro atoms. The number of fused-ring (bicyclic) bond motifs is 1. The maximum Gasteiger partial charge on any atom is 0.241 e. The Hall–Kier alpha value is -2.86. The molecule has 2 aliphatic heterocycles. The van der Waals surface area contributed by atoms with E-state index >= 15 is 0 Å². The Bertz CT molecular complexity index is 896. The number of ether oxygens (including phenoxy) is 1. The highest BCUT2D eigenvalue weighted by molar-refractivity contribution is 5.99. The van der Waals surface area contributed by atoms with Gasteiger partial charge in [0.2, 0.25) is 11.8 Å². The first-order valence-electron chi connectivity index (χ1n) is 9.75. The van der Waals surface area contributed by atoms with Crippen LogP contribution in [-0.2, 0) is 22.6 Å². The molecule has 0 saturated carbocycles. The van der Waals surface area contributed by atoms with Crippen molar-refractivity contribution in [3.8, 4) is 5.75 Å². The van der Waals surface area contributed by atoms with E-state index in [1.807, 2.05) is 24.3 Å². The van der Waals surface area contributed by atoms with Crippen molar-refractivity contribution >= 4 is 23.2 Å². The third kappa shape index (κ3) is 3.73. The third-order valence-corrected chi connectivity index (χ3v) is 5.46. The fraction of sp³-hybridized carbons (Fsp3) is 0.364. The van der Waals surface area contributed by atoms with E-state index in [2.05, 4.69) is 22.8 Å². The molecule has 146 valence electrons. The molecule has 2 aromatic rings. The molecule has 0 aromatic heterocycles. The van der Waals surface area contributed by atoms with Gasteiger partial charge in [0.05, 0.1) is 18.8 Å². The smallest absolute Gasteiger partial charge is 0.241 e. The average molecular weight is 379 g/mol. The quantitative estimate of drug-likeness (QED) is 0.857. The van der Waals surface area contributed by atoms with Crippen LogP contribution in [0, 0.1) is 0 Å². The van der Waals surface area contributed by atoms with Gasteiger partial charge in [-0.05, 0) is 48.6 Å². The van der Waals surface area contributed by atoms with Gasteiger partial charge in [-0.2, -0.15) is 0 Å². The molecule has 2 heterocycles. The monoisotopic (exact) mass is 379 g/mol. The highest BCUT2D eigenvalue weighted by Crippen LogP contribution is 2.33. The van der Waals surface area contributed by atoms with E-state index in [1.165, 1.54) is 11.1 Å². The summed E-state index contributed by atoms with van der Waals surface area (Å²) in [5.41, 5.74) is 3.82. The summed E-state index contributed by atoms with van der Waals surface area (Å²) in [7, 11) is 1.59. The van der Waals surface area contributed by atoms with E-state index in [-0.39, 0.29) is 17.9 Å². The van der Waals surface area contributed by atoms with Crippen LogP contribution in [-0.4, -0.2) is 31.5 Å². The number of carbonyl (C=O) groups excluding carboxylic acids is 2. The van der Waals surface area contributed by atoms with Crippen LogP contribution in [0.5, 0.6) is 5.75 Å². The molecule has 0 bridgehead atoms. The molecule has 1 fully saturated rings. The number of hydrogen-bond donors (Lipinski definition) is 2. The van der Waals surface area contributed by atoms with Crippen LogP contribution < -0.4 is 20.3 Å². The van der Waals surface area contributed by atoms with Crippen molar-refractivity contribution in [1.29, 1.82) is 0 Å². The van der Waals surface area contributed by atoms with Crippen molar-refractivity contribution in [3.63, 3.8) is 0 Å². The summed E-state index contributed by atoms with van der Waals surface area (Å²) in [6, 6.07) is 13.3. The van der Waals surface area contributed by atoms with E-state index in [0.29, 0.717) is 43.1 Å². The van der Waals surface area contributed by atoms with Crippen molar-refractivity contribution in [3.05, 3.63) is 53.6 Å². The van der Waals surface area contributed by atoms with Crippen molar-refractivity contribution in [2.75, 3.05) is 23.9 Å². The highest BCUT2D eigenvalue weighted by atomic mass is 16.5. The Labute approximate surface area is 164 Å². The summed E-state index contributed by atoms with van der Waals surface area (Å²) >= 11 is 0. The number of hydrogen-bond acceptors (Lipinski definition) is 4. The summed E-state index contributed by atoms with van der Waals surface area (Å²) < 4.78 is 5.44. The van der Waals surface area contributed by atoms with Gasteiger partial charge in [0, 0.05) is 25.2 Å². The topological polar surface area (TPSA) is 70.7 Å². The lowest BCUT2D eigenvalue weighted by Crippen LogP contribution is -2.44. The summed E-state index contributed by atoms with van der Waals surface area (Å²) in [6.07, 6.45) is 3.10. The number of methoxy groups -OCH3 is 1. The van der Waals surface area contributed by atoms with Crippen molar-refractivity contribution < 1.29 is 14.3 Å². The summed E-state index contributed by atoms with van der Waals surface area (Å²) in [5, 5.41) is 6.29. The van der Waals surface area contributed by atoms with E-state index in [1.54, 1.807) is 18.1 Å². The maximum absolute atomic E-state index is 12.8. The second kappa shape index (κ2) is 8.02. The largest absolute Gasteiger partial charge is 0.495 e. The number of carbonyl (C=O) groups is 2. The molecule has 1 atom stereocenters. The number of anilines is 2. The molecule has 28 heavy (non-hydrogen) atoms. The summed E-state index contributed by atoms with van der Waals surface area (Å²) in [5.74, 6) is 0.659. The predicted octanol–water partition coefficient (Wildman–Crippen LogP) is 2.87. The van der Waals surface area contributed by atoms with Crippen molar-refractivity contribution in [2.24, 2.45) is 0 Å². The van der Waals surface area contributed by atoms with Gasteiger partial charge in [-0.15, -0.1) is 0 Å². The molecule has 0 radical (unpaired) electrons. The number of piperidine rings is 1. The summed E-state index contributed by atoms with van der Waals surface area (Å²) in [4.78, 5) is 26.9. The summed E-state index contributed by atoms with van der Waals surface area (Å²) in [6.45, 7) is 1.36. The van der Waals surface area contributed by atoms with Gasteiger partial charge < -0.3 is 20.3 Å². The van der Waals surface area contributed by atoms with Crippen molar-refractivity contribution in [2.45, 2.75) is 38.3 Å². The Kier molecular flexibility index (Phi) is 5.30. The normalized spacial score (nSPS) is 19.1. The minimum atomic E-state index is -0.280. The first-order chi connectivity index (χ1) is 13.7. The molecule has 2 aromatic carbocycles. The third-order valence-electron chi connectivity index (χ3n) is 5.46. The SMILES string of the molecule is COc1ccc(NC(=O)C2Cc3ccccc3CN2)cc1N1CCCCC1=O. The number of benzene rings is 2. The fourth-order valence-electron chi connectivity index (χ4n) is 3.91. The first-order valence-corrected chi connectivity index (χ1v) is 9.75. The van der Waals surface area contributed by atoms with Crippen LogP contribution in [0.3, 0.4) is 0 Å². The molecule has 0 aliphatic carbocycles. The molecule has 6 nitrogen and oxygen atoms in total. The lowest BCUT2D eigenvalue weighted by atomic mass is 9.95. The van der Waals surface area contributed by atoms with Gasteiger partial charge in [-0.25, -0.2) is 0 Å². The lowest BCUT2D eigenvalue weighted by molar-refractivity contribution is -0.119. The van der Waals surface area contributed by atoms with Crippen LogP contribution >= 0.6 is 0 Å². The van der Waals surface area contributed by atoms with E-state index in [4.69, 9.17) is 4.74 Å². The maximum atomic E-state index is 12.8. The molecule has 4 rings (SSSR count). The molecular weight excluding hydrogens is 354 g/mol. The minimum Gasteiger partial charge on any atom is -0.495 e. The van der Waals surface area contributed by atoms with Crippen LogP contribution in [0.4, 0.5) is 11.4 Å². The molecule has 1 saturated heterocycles. The minimum absolute atomic E-state index is 0.0735. The molecule has 6 heteroatoms. The highest BCUT2D eigenvalue weighted by Gasteiger charge is 2.26. The van der Waals surface area contributed by atoms with E-state index in [0.717, 1.165) is 12.8 Å². The number of amides is 2. The van der Waals surface area contributed by atoms with Gasteiger partial charge in [0.1, 0.15) is 5.75 Å². The zero-order valence-corrected chi connectivity index (χ0v) is 16.0. The first kappa shape index (κ1) is 18.5. The zero-order chi connectivity index (χ0) is 19.5. The van der Waals surface area contributed by atoms with Crippen LogP contribution in [0.25, 0.3) is 0 Å². The number of nitrogens with zero attached hydrogens (tertiary/aromatic N) is 1. The Morgan fingerprint density at radius 2 is 2.00 bits per heavy atom. The van der Waals surface area contributed by atoms with E-state index in [9.17, 15) is 9.59 Å². The van der Waals surface area contributed by atoms with Crippen LogP contribution in [0.2, 0.25) is 0 Å². The van der Waals surface area contributed by atoms with Gasteiger partial charge >= 0.3 is 0 Å². The van der Waals surface area contributed by atoms with Gasteiger partial charge in [-0.3, -0.25) is 9.59 Å². The lowest BCUT2D eigenvalue weighted by Gasteiger charge is -2.29. The van der Waals surface area contributed by atoms with Crippen LogP contribution in [0.15, 0.2) is 42.5 Å². The van der Waals surface area contributed by atoms with Crippen LogP contribution in [0.1, 0.15) is 30.4 Å². The number of nitrogens with one attached hydrogen (secondary N) is 2. The molecule has 2 N–H and O–H groups in total. The molecule has 2 aliphatic rings. The Balaban J connectivity index is 1.51. The van der Waals surface area contributed by atoms with Gasteiger partial charge in [0.25, 0.3) is 0 Å².